The van der Waals surface area contributed by atoms with Crippen LogP contribution in [0, 0.1) is 29.1 Å². The SMILES string of the molecule is O=C(N/N=C/c1c(F)c(F)c(F)c(F)c1F)c1ccc(OCc2ccc(Cl)c(Cl)c2)cc1. The zero-order valence-electron chi connectivity index (χ0n) is 15.7. The molecule has 0 aliphatic heterocycles. The lowest BCUT2D eigenvalue weighted by Gasteiger charge is -2.08. The summed E-state index contributed by atoms with van der Waals surface area (Å²) in [6.45, 7) is 0.189. The van der Waals surface area contributed by atoms with Crippen molar-refractivity contribution in [3.05, 3.63) is 98.3 Å². The van der Waals surface area contributed by atoms with Crippen molar-refractivity contribution in [2.45, 2.75) is 6.61 Å². The van der Waals surface area contributed by atoms with E-state index >= 15 is 0 Å². The van der Waals surface area contributed by atoms with Crippen molar-refractivity contribution in [2.24, 2.45) is 5.10 Å². The fourth-order valence-electron chi connectivity index (χ4n) is 2.45. The molecular formula is C21H11Cl2F5N2O2. The molecule has 0 aliphatic rings. The number of nitrogens with one attached hydrogen (secondary N) is 1. The third-order valence-corrected chi connectivity index (χ3v) is 4.85. The Morgan fingerprint density at radius 3 is 2.06 bits per heavy atom. The van der Waals surface area contributed by atoms with Gasteiger partial charge in [0.1, 0.15) is 12.4 Å². The van der Waals surface area contributed by atoms with Gasteiger partial charge in [-0.15, -0.1) is 0 Å². The van der Waals surface area contributed by atoms with Crippen molar-refractivity contribution in [1.82, 2.24) is 5.43 Å². The van der Waals surface area contributed by atoms with Gasteiger partial charge in [-0.1, -0.05) is 29.3 Å². The van der Waals surface area contributed by atoms with Gasteiger partial charge in [0.05, 0.1) is 21.8 Å². The lowest BCUT2D eigenvalue weighted by Crippen LogP contribution is -2.18. The first kappa shape index (κ1) is 23.5. The predicted octanol–water partition coefficient (Wildman–Crippen LogP) is 6.03. The van der Waals surface area contributed by atoms with E-state index in [2.05, 4.69) is 5.10 Å². The number of halogens is 7. The largest absolute Gasteiger partial charge is 0.489 e. The van der Waals surface area contributed by atoms with Gasteiger partial charge in [-0.3, -0.25) is 4.79 Å². The second kappa shape index (κ2) is 9.97. The summed E-state index contributed by atoms with van der Waals surface area (Å²) in [5.41, 5.74) is 1.52. The van der Waals surface area contributed by atoms with Crippen molar-refractivity contribution in [3.63, 3.8) is 0 Å². The van der Waals surface area contributed by atoms with Crippen LogP contribution in [-0.2, 0) is 6.61 Å². The number of amides is 1. The number of rotatable bonds is 6. The van der Waals surface area contributed by atoms with Crippen LogP contribution in [0.25, 0.3) is 0 Å². The van der Waals surface area contributed by atoms with E-state index in [1.165, 1.54) is 24.3 Å². The maximum atomic E-state index is 13.6. The van der Waals surface area contributed by atoms with Gasteiger partial charge in [-0.25, -0.2) is 27.4 Å². The minimum Gasteiger partial charge on any atom is -0.489 e. The summed E-state index contributed by atoms with van der Waals surface area (Å²) >= 11 is 11.8. The smallest absolute Gasteiger partial charge is 0.271 e. The van der Waals surface area contributed by atoms with Crippen LogP contribution in [0.1, 0.15) is 21.5 Å². The zero-order valence-corrected chi connectivity index (χ0v) is 17.2. The van der Waals surface area contributed by atoms with Crippen LogP contribution >= 0.6 is 23.2 Å². The maximum Gasteiger partial charge on any atom is 0.271 e. The van der Waals surface area contributed by atoms with Crippen LogP contribution in [0.2, 0.25) is 10.0 Å². The highest BCUT2D eigenvalue weighted by atomic mass is 35.5. The van der Waals surface area contributed by atoms with Gasteiger partial charge in [0.15, 0.2) is 23.3 Å². The highest BCUT2D eigenvalue weighted by Crippen LogP contribution is 2.24. The van der Waals surface area contributed by atoms with E-state index in [9.17, 15) is 26.7 Å². The Balaban J connectivity index is 1.62. The monoisotopic (exact) mass is 488 g/mol. The molecule has 0 aromatic heterocycles. The van der Waals surface area contributed by atoms with Crippen LogP contribution in [0.15, 0.2) is 47.6 Å². The van der Waals surface area contributed by atoms with Gasteiger partial charge in [-0.05, 0) is 42.0 Å². The molecule has 0 saturated heterocycles. The van der Waals surface area contributed by atoms with Gasteiger partial charge >= 0.3 is 0 Å². The van der Waals surface area contributed by atoms with E-state index < -0.39 is 40.6 Å². The zero-order chi connectivity index (χ0) is 23.4. The maximum absolute atomic E-state index is 13.6. The van der Waals surface area contributed by atoms with E-state index in [0.717, 1.165) is 5.56 Å². The summed E-state index contributed by atoms with van der Waals surface area (Å²) in [4.78, 5) is 12.1. The summed E-state index contributed by atoms with van der Waals surface area (Å²) in [6.07, 6.45) is 0.322. The number of hydrogen-bond acceptors (Lipinski definition) is 3. The molecule has 166 valence electrons. The van der Waals surface area contributed by atoms with E-state index in [4.69, 9.17) is 27.9 Å². The van der Waals surface area contributed by atoms with E-state index in [1.807, 2.05) is 5.43 Å². The van der Waals surface area contributed by atoms with Crippen molar-refractivity contribution in [3.8, 4) is 5.75 Å². The summed E-state index contributed by atoms with van der Waals surface area (Å²) < 4.78 is 72.1. The molecule has 0 saturated carbocycles. The highest BCUT2D eigenvalue weighted by Gasteiger charge is 2.24. The van der Waals surface area contributed by atoms with E-state index in [-0.39, 0.29) is 12.2 Å². The lowest BCUT2D eigenvalue weighted by atomic mass is 10.2. The molecule has 3 aromatic rings. The van der Waals surface area contributed by atoms with Crippen molar-refractivity contribution >= 4 is 35.3 Å². The number of hydrazone groups is 1. The fraction of sp³-hybridized carbons (Fsp3) is 0.0476. The number of nitrogens with zero attached hydrogens (tertiary/aromatic N) is 1. The first-order valence-electron chi connectivity index (χ1n) is 8.70. The molecule has 4 nitrogen and oxygen atoms in total. The molecule has 3 aromatic carbocycles. The molecule has 1 N–H and O–H groups in total. The normalized spacial score (nSPS) is 11.1. The molecular weight excluding hydrogens is 478 g/mol. The fourth-order valence-corrected chi connectivity index (χ4v) is 2.77. The number of ether oxygens (including phenoxy) is 1. The predicted molar refractivity (Wildman–Crippen MR) is 109 cm³/mol. The Labute approximate surface area is 188 Å². The van der Waals surface area contributed by atoms with Crippen LogP contribution in [0.5, 0.6) is 5.75 Å². The standard InChI is InChI=1S/C21H11Cl2F5N2O2/c22-14-6-1-10(7-15(14)23)9-32-12-4-2-11(3-5-12)21(31)30-29-8-13-16(24)18(26)20(28)19(27)17(13)25/h1-8H,9H2,(H,30,31)/b29-8+. The molecule has 0 radical (unpaired) electrons. The van der Waals surface area contributed by atoms with Gasteiger partial charge in [0.2, 0.25) is 5.82 Å². The molecule has 0 atom stereocenters. The van der Waals surface area contributed by atoms with Crippen LogP contribution < -0.4 is 10.2 Å². The molecule has 0 aliphatic carbocycles. The van der Waals surface area contributed by atoms with E-state index in [1.54, 1.807) is 18.2 Å². The van der Waals surface area contributed by atoms with Gasteiger partial charge in [0, 0.05) is 5.56 Å². The lowest BCUT2D eigenvalue weighted by molar-refractivity contribution is 0.0955. The molecule has 0 bridgehead atoms. The Morgan fingerprint density at radius 1 is 0.875 bits per heavy atom. The second-order valence-electron chi connectivity index (χ2n) is 6.24. The number of carbonyl (C=O) groups is 1. The van der Waals surface area contributed by atoms with Crippen LogP contribution in [0.3, 0.4) is 0 Å². The second-order valence-corrected chi connectivity index (χ2v) is 7.06. The summed E-state index contributed by atoms with van der Waals surface area (Å²) in [7, 11) is 0. The topological polar surface area (TPSA) is 50.7 Å². The molecule has 0 unspecified atom stereocenters. The number of carbonyl (C=O) groups excluding carboxylic acids is 1. The molecule has 0 heterocycles. The minimum atomic E-state index is -2.29. The van der Waals surface area contributed by atoms with Gasteiger partial charge < -0.3 is 4.74 Å². The Hall–Kier alpha value is -3.17. The van der Waals surface area contributed by atoms with Crippen molar-refractivity contribution in [2.75, 3.05) is 0 Å². The van der Waals surface area contributed by atoms with E-state index in [0.29, 0.717) is 22.0 Å². The molecule has 1 amide bonds. The average Bonchev–Trinajstić information content (AvgIpc) is 2.79. The highest BCUT2D eigenvalue weighted by molar-refractivity contribution is 6.42. The molecule has 0 spiro atoms. The molecule has 11 heteroatoms. The Bertz CT molecular complexity index is 1170. The molecule has 3 rings (SSSR count). The first-order chi connectivity index (χ1) is 15.2. The summed E-state index contributed by atoms with van der Waals surface area (Å²) in [5, 5.41) is 4.04. The molecule has 32 heavy (non-hydrogen) atoms. The van der Waals surface area contributed by atoms with Crippen molar-refractivity contribution in [1.29, 1.82) is 0 Å². The van der Waals surface area contributed by atoms with Crippen LogP contribution in [-0.4, -0.2) is 12.1 Å². The third-order valence-electron chi connectivity index (χ3n) is 4.11. The number of hydrogen-bond donors (Lipinski definition) is 1. The molecule has 0 fully saturated rings. The third kappa shape index (κ3) is 5.17. The average molecular weight is 489 g/mol. The van der Waals surface area contributed by atoms with Crippen molar-refractivity contribution < 1.29 is 31.5 Å². The first-order valence-corrected chi connectivity index (χ1v) is 9.46. The summed E-state index contributed by atoms with van der Waals surface area (Å²) in [6, 6.07) is 10.7. The van der Waals surface area contributed by atoms with Crippen LogP contribution in [0.4, 0.5) is 22.0 Å². The minimum absolute atomic E-state index is 0.0986. The van der Waals surface area contributed by atoms with Gasteiger partial charge in [0.25, 0.3) is 5.91 Å². The Morgan fingerprint density at radius 2 is 1.47 bits per heavy atom. The number of benzene rings is 3. The summed E-state index contributed by atoms with van der Waals surface area (Å²) in [5.74, 6) is -11.0. The quantitative estimate of drug-likeness (QED) is 0.151. The Kier molecular flexibility index (Phi) is 7.32. The van der Waals surface area contributed by atoms with Gasteiger partial charge in [-0.2, -0.15) is 5.10 Å².